The van der Waals surface area contributed by atoms with Crippen LogP contribution in [0.15, 0.2) is 24.3 Å². The third kappa shape index (κ3) is 12.0. The van der Waals surface area contributed by atoms with Crippen LogP contribution in [0.2, 0.25) is 0 Å². The van der Waals surface area contributed by atoms with Crippen LogP contribution in [0.5, 0.6) is 0 Å². The second-order valence-corrected chi connectivity index (χ2v) is 6.61. The molecule has 0 radical (unpaired) electrons. The number of nitrogens with zero attached hydrogens (tertiary/aromatic N) is 1. The average Bonchev–Trinajstić information content (AvgIpc) is 2.65. The molecule has 0 aliphatic rings. The average molecular weight is 483 g/mol. The topological polar surface area (TPSA) is 80.6 Å². The molecule has 0 unspecified atom stereocenters. The Labute approximate surface area is 169 Å². The van der Waals surface area contributed by atoms with Gasteiger partial charge in [-0.2, -0.15) is 0 Å². The van der Waals surface area contributed by atoms with Gasteiger partial charge in [0.25, 0.3) is 0 Å². The fraction of sp³-hybridized carbons (Fsp3) is 0.667. The van der Waals surface area contributed by atoms with Gasteiger partial charge in [0, 0.05) is 22.3 Å². The molecule has 26 heavy (non-hydrogen) atoms. The first kappa shape index (κ1) is 23.5. The first-order chi connectivity index (χ1) is 12.8. The SMILES string of the molecule is OCCOCCOCCN(CCOCCOCCO)c1ccc(I)cc1. The van der Waals surface area contributed by atoms with E-state index in [1.54, 1.807) is 0 Å². The maximum absolute atomic E-state index is 8.65. The van der Waals surface area contributed by atoms with Crippen LogP contribution in [0.4, 0.5) is 5.69 Å². The number of halogens is 1. The molecule has 0 spiro atoms. The molecule has 0 heterocycles. The van der Waals surface area contributed by atoms with E-state index in [1.165, 1.54) is 3.57 Å². The second kappa shape index (κ2) is 16.7. The van der Waals surface area contributed by atoms with E-state index < -0.39 is 0 Å². The molecule has 0 aliphatic carbocycles. The molecule has 1 aromatic rings. The second-order valence-electron chi connectivity index (χ2n) is 5.36. The van der Waals surface area contributed by atoms with Gasteiger partial charge in [0.1, 0.15) is 0 Å². The summed E-state index contributed by atoms with van der Waals surface area (Å²) in [6.45, 7) is 5.45. The van der Waals surface area contributed by atoms with Gasteiger partial charge in [-0.1, -0.05) is 0 Å². The number of hydrogen-bond acceptors (Lipinski definition) is 7. The maximum Gasteiger partial charge on any atom is 0.0701 e. The van der Waals surface area contributed by atoms with Crippen molar-refractivity contribution in [1.82, 2.24) is 0 Å². The number of anilines is 1. The summed E-state index contributed by atoms with van der Waals surface area (Å²) < 4.78 is 22.7. The molecule has 2 N–H and O–H groups in total. The lowest BCUT2D eigenvalue weighted by Crippen LogP contribution is -2.31. The Morgan fingerprint density at radius 1 is 0.654 bits per heavy atom. The van der Waals surface area contributed by atoms with Gasteiger partial charge in [0.05, 0.1) is 66.1 Å². The summed E-state index contributed by atoms with van der Waals surface area (Å²) in [5.41, 5.74) is 1.13. The summed E-state index contributed by atoms with van der Waals surface area (Å²) in [5, 5.41) is 17.3. The lowest BCUT2D eigenvalue weighted by molar-refractivity contribution is 0.0316. The standard InChI is InChI=1S/C18H30INO6/c19-17-1-3-18(4-2-17)20(5-9-23-13-15-25-11-7-21)6-10-24-14-16-26-12-8-22/h1-4,21-22H,5-16H2. The molecule has 0 bridgehead atoms. The number of aliphatic hydroxyl groups is 2. The van der Waals surface area contributed by atoms with E-state index in [1.807, 2.05) is 0 Å². The van der Waals surface area contributed by atoms with E-state index in [4.69, 9.17) is 29.2 Å². The summed E-state index contributed by atoms with van der Waals surface area (Å²) in [6.07, 6.45) is 0. The first-order valence-electron chi connectivity index (χ1n) is 8.81. The Balaban J connectivity index is 2.29. The van der Waals surface area contributed by atoms with Crippen molar-refractivity contribution < 1.29 is 29.2 Å². The predicted molar refractivity (Wildman–Crippen MR) is 109 cm³/mol. The van der Waals surface area contributed by atoms with Gasteiger partial charge in [0.15, 0.2) is 0 Å². The van der Waals surface area contributed by atoms with Crippen LogP contribution in [0.1, 0.15) is 0 Å². The molecule has 1 aromatic carbocycles. The zero-order valence-electron chi connectivity index (χ0n) is 15.1. The van der Waals surface area contributed by atoms with E-state index in [-0.39, 0.29) is 13.2 Å². The third-order valence-corrected chi connectivity index (χ3v) is 4.14. The number of aliphatic hydroxyl groups excluding tert-OH is 2. The lowest BCUT2D eigenvalue weighted by atomic mass is 10.3. The highest BCUT2D eigenvalue weighted by Crippen LogP contribution is 2.16. The van der Waals surface area contributed by atoms with Gasteiger partial charge in [-0.15, -0.1) is 0 Å². The molecular weight excluding hydrogens is 453 g/mol. The van der Waals surface area contributed by atoms with Crippen LogP contribution in [0, 0.1) is 3.57 Å². The largest absolute Gasteiger partial charge is 0.394 e. The van der Waals surface area contributed by atoms with Crippen LogP contribution in [-0.4, -0.2) is 89.4 Å². The molecule has 0 aromatic heterocycles. The monoisotopic (exact) mass is 483 g/mol. The molecule has 1 rings (SSSR count). The van der Waals surface area contributed by atoms with Crippen molar-refractivity contribution in [3.8, 4) is 0 Å². The minimum atomic E-state index is 0.0334. The zero-order chi connectivity index (χ0) is 18.9. The Hall–Kier alpha value is -0.490. The van der Waals surface area contributed by atoms with Gasteiger partial charge in [-0.25, -0.2) is 0 Å². The highest BCUT2D eigenvalue weighted by atomic mass is 127. The molecule has 0 fully saturated rings. The molecule has 0 saturated heterocycles. The molecule has 0 amide bonds. The quantitative estimate of drug-likeness (QED) is 0.254. The Kier molecular flexibility index (Phi) is 15.1. The van der Waals surface area contributed by atoms with Crippen molar-refractivity contribution in [3.05, 3.63) is 27.8 Å². The summed E-state index contributed by atoms with van der Waals surface area (Å²) in [7, 11) is 0. The minimum absolute atomic E-state index is 0.0334. The van der Waals surface area contributed by atoms with E-state index in [0.717, 1.165) is 18.8 Å². The molecule has 150 valence electrons. The molecule has 7 nitrogen and oxygen atoms in total. The molecular formula is C18H30INO6. The number of rotatable bonds is 17. The van der Waals surface area contributed by atoms with Gasteiger partial charge < -0.3 is 34.1 Å². The molecule has 0 saturated carbocycles. The minimum Gasteiger partial charge on any atom is -0.394 e. The van der Waals surface area contributed by atoms with Crippen molar-refractivity contribution in [3.63, 3.8) is 0 Å². The number of benzene rings is 1. The highest BCUT2D eigenvalue weighted by Gasteiger charge is 2.07. The Morgan fingerprint density at radius 3 is 1.50 bits per heavy atom. The van der Waals surface area contributed by atoms with Crippen molar-refractivity contribution >= 4 is 28.3 Å². The molecule has 0 atom stereocenters. The first-order valence-corrected chi connectivity index (χ1v) is 9.89. The Bertz CT molecular complexity index is 416. The van der Waals surface area contributed by atoms with Gasteiger partial charge >= 0.3 is 0 Å². The van der Waals surface area contributed by atoms with E-state index in [9.17, 15) is 0 Å². The van der Waals surface area contributed by atoms with Gasteiger partial charge in [0.2, 0.25) is 0 Å². The summed E-state index contributed by atoms with van der Waals surface area (Å²) in [6, 6.07) is 8.35. The third-order valence-electron chi connectivity index (χ3n) is 3.42. The fourth-order valence-electron chi connectivity index (χ4n) is 2.14. The van der Waals surface area contributed by atoms with Crippen molar-refractivity contribution in [1.29, 1.82) is 0 Å². The van der Waals surface area contributed by atoms with Crippen LogP contribution in [0.25, 0.3) is 0 Å². The predicted octanol–water partition coefficient (Wildman–Crippen LogP) is 1.15. The van der Waals surface area contributed by atoms with Crippen molar-refractivity contribution in [2.24, 2.45) is 0 Å². The lowest BCUT2D eigenvalue weighted by Gasteiger charge is -2.25. The smallest absolute Gasteiger partial charge is 0.0701 e. The summed E-state index contributed by atoms with van der Waals surface area (Å²) in [4.78, 5) is 2.22. The Morgan fingerprint density at radius 2 is 1.08 bits per heavy atom. The normalized spacial score (nSPS) is 11.0. The molecule has 0 aliphatic heterocycles. The number of hydrogen-bond donors (Lipinski definition) is 2. The van der Waals surface area contributed by atoms with E-state index in [0.29, 0.717) is 52.9 Å². The molecule has 8 heteroatoms. The zero-order valence-corrected chi connectivity index (χ0v) is 17.3. The van der Waals surface area contributed by atoms with Crippen LogP contribution >= 0.6 is 22.6 Å². The van der Waals surface area contributed by atoms with E-state index in [2.05, 4.69) is 51.8 Å². The number of ether oxygens (including phenoxy) is 4. The van der Waals surface area contributed by atoms with Crippen LogP contribution < -0.4 is 4.90 Å². The van der Waals surface area contributed by atoms with Crippen molar-refractivity contribution in [2.45, 2.75) is 0 Å². The van der Waals surface area contributed by atoms with Crippen LogP contribution in [0.3, 0.4) is 0 Å². The van der Waals surface area contributed by atoms with Gasteiger partial charge in [-0.3, -0.25) is 0 Å². The summed E-state index contributed by atoms with van der Waals surface area (Å²) in [5.74, 6) is 0. The maximum atomic E-state index is 8.65. The van der Waals surface area contributed by atoms with Crippen LogP contribution in [-0.2, 0) is 18.9 Å². The van der Waals surface area contributed by atoms with E-state index >= 15 is 0 Å². The van der Waals surface area contributed by atoms with Crippen molar-refractivity contribution in [2.75, 3.05) is 84.1 Å². The summed E-state index contributed by atoms with van der Waals surface area (Å²) >= 11 is 2.29. The highest BCUT2D eigenvalue weighted by molar-refractivity contribution is 14.1. The van der Waals surface area contributed by atoms with Gasteiger partial charge in [-0.05, 0) is 46.9 Å². The fourth-order valence-corrected chi connectivity index (χ4v) is 2.50.